The minimum absolute atomic E-state index is 0.201. The number of carbonyl (C=O) groups is 1. The number of amides is 1. The van der Waals surface area contributed by atoms with Gasteiger partial charge in [0, 0.05) is 43.6 Å². The molecule has 24 heavy (non-hydrogen) atoms. The van der Waals surface area contributed by atoms with Gasteiger partial charge in [-0.05, 0) is 51.1 Å². The normalized spacial score (nSPS) is 26.8. The van der Waals surface area contributed by atoms with Crippen LogP contribution in [0.15, 0.2) is 18.5 Å². The van der Waals surface area contributed by atoms with Gasteiger partial charge in [0.1, 0.15) is 0 Å². The first kappa shape index (κ1) is 16.1. The Labute approximate surface area is 144 Å². The SMILES string of the molecule is O=C(CN1CCCC1Cn1cccn1)NC1CCN(C2CC2)CC1. The molecule has 1 aliphatic carbocycles. The van der Waals surface area contributed by atoms with Crippen LogP contribution in [0.5, 0.6) is 0 Å². The fourth-order valence-electron chi connectivity index (χ4n) is 4.24. The molecule has 4 rings (SSSR count). The second kappa shape index (κ2) is 7.23. The molecule has 1 N–H and O–H groups in total. The van der Waals surface area contributed by atoms with Crippen LogP contribution in [-0.4, -0.2) is 69.8 Å². The first-order valence-corrected chi connectivity index (χ1v) is 9.53. The molecule has 132 valence electrons. The molecule has 0 spiro atoms. The van der Waals surface area contributed by atoms with Crippen molar-refractivity contribution in [3.05, 3.63) is 18.5 Å². The molecule has 1 aromatic rings. The van der Waals surface area contributed by atoms with E-state index in [0.717, 1.165) is 51.5 Å². The van der Waals surface area contributed by atoms with E-state index in [1.54, 1.807) is 0 Å². The zero-order chi connectivity index (χ0) is 16.4. The Morgan fingerprint density at radius 3 is 2.67 bits per heavy atom. The average molecular weight is 331 g/mol. The lowest BCUT2D eigenvalue weighted by molar-refractivity contribution is -0.123. The van der Waals surface area contributed by atoms with E-state index in [9.17, 15) is 4.79 Å². The molecule has 1 unspecified atom stereocenters. The molecule has 1 atom stereocenters. The standard InChI is InChI=1S/C18H29N5O/c24-18(20-15-6-11-21(12-7-15)16-4-5-16)14-22-9-1-3-17(22)13-23-10-2-8-19-23/h2,8,10,15-17H,1,3-7,9,11-14H2,(H,20,24). The molecule has 2 aliphatic heterocycles. The smallest absolute Gasteiger partial charge is 0.234 e. The highest BCUT2D eigenvalue weighted by molar-refractivity contribution is 5.78. The summed E-state index contributed by atoms with van der Waals surface area (Å²) in [6, 6.07) is 3.63. The third-order valence-electron chi connectivity index (χ3n) is 5.76. The number of hydrogen-bond donors (Lipinski definition) is 1. The fourth-order valence-corrected chi connectivity index (χ4v) is 4.24. The van der Waals surface area contributed by atoms with Gasteiger partial charge >= 0.3 is 0 Å². The van der Waals surface area contributed by atoms with Crippen LogP contribution in [0.4, 0.5) is 0 Å². The number of aromatic nitrogens is 2. The van der Waals surface area contributed by atoms with Crippen molar-refractivity contribution < 1.29 is 4.79 Å². The van der Waals surface area contributed by atoms with Gasteiger partial charge in [0.2, 0.25) is 5.91 Å². The van der Waals surface area contributed by atoms with Crippen molar-refractivity contribution in [3.8, 4) is 0 Å². The van der Waals surface area contributed by atoms with Gasteiger partial charge in [-0.15, -0.1) is 0 Å². The summed E-state index contributed by atoms with van der Waals surface area (Å²) in [6.45, 7) is 4.76. The van der Waals surface area contributed by atoms with Crippen LogP contribution in [0, 0.1) is 0 Å². The summed E-state index contributed by atoms with van der Waals surface area (Å²) >= 11 is 0. The fraction of sp³-hybridized carbons (Fsp3) is 0.778. The maximum atomic E-state index is 12.5. The van der Waals surface area contributed by atoms with Crippen LogP contribution < -0.4 is 5.32 Å². The summed E-state index contributed by atoms with van der Waals surface area (Å²) in [4.78, 5) is 17.4. The van der Waals surface area contributed by atoms with E-state index in [1.807, 2.05) is 23.1 Å². The average Bonchev–Trinajstić information content (AvgIpc) is 3.14. The Bertz CT molecular complexity index is 534. The number of rotatable bonds is 6. The number of piperidine rings is 1. The van der Waals surface area contributed by atoms with Crippen LogP contribution >= 0.6 is 0 Å². The largest absolute Gasteiger partial charge is 0.352 e. The second-order valence-corrected chi connectivity index (χ2v) is 7.60. The van der Waals surface area contributed by atoms with Crippen LogP contribution in [0.3, 0.4) is 0 Å². The van der Waals surface area contributed by atoms with E-state index in [2.05, 4.69) is 20.2 Å². The third-order valence-corrected chi connectivity index (χ3v) is 5.76. The third kappa shape index (κ3) is 3.98. The number of nitrogens with one attached hydrogen (secondary N) is 1. The van der Waals surface area contributed by atoms with Gasteiger partial charge in [0.15, 0.2) is 0 Å². The summed E-state index contributed by atoms with van der Waals surface area (Å²) in [5.41, 5.74) is 0. The van der Waals surface area contributed by atoms with Gasteiger partial charge < -0.3 is 10.2 Å². The van der Waals surface area contributed by atoms with E-state index in [0.29, 0.717) is 18.6 Å². The van der Waals surface area contributed by atoms with E-state index < -0.39 is 0 Å². The minimum atomic E-state index is 0.201. The van der Waals surface area contributed by atoms with Crippen molar-refractivity contribution in [1.29, 1.82) is 0 Å². The van der Waals surface area contributed by atoms with Gasteiger partial charge in [-0.2, -0.15) is 5.10 Å². The Hall–Kier alpha value is -1.40. The van der Waals surface area contributed by atoms with Gasteiger partial charge in [0.05, 0.1) is 13.1 Å². The van der Waals surface area contributed by atoms with Crippen molar-refractivity contribution in [1.82, 2.24) is 24.9 Å². The Morgan fingerprint density at radius 1 is 1.12 bits per heavy atom. The van der Waals surface area contributed by atoms with E-state index >= 15 is 0 Å². The lowest BCUT2D eigenvalue weighted by Gasteiger charge is -2.33. The second-order valence-electron chi connectivity index (χ2n) is 7.60. The van der Waals surface area contributed by atoms with E-state index in [1.165, 1.54) is 19.3 Å². The summed E-state index contributed by atoms with van der Waals surface area (Å²) in [5, 5.41) is 7.57. The van der Waals surface area contributed by atoms with Crippen molar-refractivity contribution in [3.63, 3.8) is 0 Å². The Morgan fingerprint density at radius 2 is 1.96 bits per heavy atom. The van der Waals surface area contributed by atoms with Gasteiger partial charge in [-0.1, -0.05) is 0 Å². The summed E-state index contributed by atoms with van der Waals surface area (Å²) in [6.07, 6.45) is 11.1. The molecule has 1 saturated carbocycles. The number of nitrogens with zero attached hydrogens (tertiary/aromatic N) is 4. The summed E-state index contributed by atoms with van der Waals surface area (Å²) in [5.74, 6) is 0.201. The lowest BCUT2D eigenvalue weighted by Crippen LogP contribution is -2.48. The Balaban J connectivity index is 1.22. The molecule has 6 nitrogen and oxygen atoms in total. The van der Waals surface area contributed by atoms with Gasteiger partial charge in [-0.3, -0.25) is 14.4 Å². The van der Waals surface area contributed by atoms with E-state index in [4.69, 9.17) is 0 Å². The highest BCUT2D eigenvalue weighted by atomic mass is 16.2. The number of likely N-dealkylation sites (tertiary alicyclic amines) is 2. The molecule has 2 saturated heterocycles. The van der Waals surface area contributed by atoms with Crippen molar-refractivity contribution in [2.45, 2.75) is 63.2 Å². The van der Waals surface area contributed by atoms with Crippen LogP contribution in [-0.2, 0) is 11.3 Å². The molecule has 1 aromatic heterocycles. The highest BCUT2D eigenvalue weighted by Crippen LogP contribution is 2.29. The zero-order valence-electron chi connectivity index (χ0n) is 14.4. The van der Waals surface area contributed by atoms with Crippen molar-refractivity contribution in [2.24, 2.45) is 0 Å². The van der Waals surface area contributed by atoms with E-state index in [-0.39, 0.29) is 5.91 Å². The molecule has 1 amide bonds. The first-order valence-electron chi connectivity index (χ1n) is 9.53. The maximum absolute atomic E-state index is 12.5. The van der Waals surface area contributed by atoms with Crippen LogP contribution in [0.1, 0.15) is 38.5 Å². The molecule has 0 aromatic carbocycles. The predicted molar refractivity (Wildman–Crippen MR) is 92.6 cm³/mol. The monoisotopic (exact) mass is 331 g/mol. The van der Waals surface area contributed by atoms with Crippen LogP contribution in [0.2, 0.25) is 0 Å². The highest BCUT2D eigenvalue weighted by Gasteiger charge is 2.32. The molecule has 3 heterocycles. The van der Waals surface area contributed by atoms with Crippen LogP contribution in [0.25, 0.3) is 0 Å². The number of hydrogen-bond acceptors (Lipinski definition) is 4. The molecule has 6 heteroatoms. The summed E-state index contributed by atoms with van der Waals surface area (Å²) in [7, 11) is 0. The topological polar surface area (TPSA) is 53.4 Å². The van der Waals surface area contributed by atoms with Crippen molar-refractivity contribution >= 4 is 5.91 Å². The number of carbonyl (C=O) groups excluding carboxylic acids is 1. The minimum Gasteiger partial charge on any atom is -0.352 e. The molecule has 3 aliphatic rings. The first-order chi connectivity index (χ1) is 11.8. The maximum Gasteiger partial charge on any atom is 0.234 e. The quantitative estimate of drug-likeness (QED) is 0.848. The summed E-state index contributed by atoms with van der Waals surface area (Å²) < 4.78 is 1.98. The molecular formula is C18H29N5O. The Kier molecular flexibility index (Phi) is 4.85. The molecular weight excluding hydrogens is 302 g/mol. The lowest BCUT2D eigenvalue weighted by atomic mass is 10.0. The zero-order valence-corrected chi connectivity index (χ0v) is 14.4. The molecule has 0 radical (unpaired) electrons. The van der Waals surface area contributed by atoms with Gasteiger partial charge in [0.25, 0.3) is 0 Å². The van der Waals surface area contributed by atoms with Crippen molar-refractivity contribution in [2.75, 3.05) is 26.2 Å². The predicted octanol–water partition coefficient (Wildman–Crippen LogP) is 1.09. The molecule has 0 bridgehead atoms. The molecule has 3 fully saturated rings. The van der Waals surface area contributed by atoms with Gasteiger partial charge in [-0.25, -0.2) is 0 Å².